The lowest BCUT2D eigenvalue weighted by Gasteiger charge is -2.08. The number of ether oxygens (including phenoxy) is 1. The summed E-state index contributed by atoms with van der Waals surface area (Å²) in [6.07, 6.45) is 1.65. The van der Waals surface area contributed by atoms with Crippen molar-refractivity contribution in [2.24, 2.45) is 4.99 Å². The van der Waals surface area contributed by atoms with Gasteiger partial charge in [0.25, 0.3) is 0 Å². The zero-order valence-electron chi connectivity index (χ0n) is 13.0. The summed E-state index contributed by atoms with van der Waals surface area (Å²) in [4.78, 5) is 15.6. The summed E-state index contributed by atoms with van der Waals surface area (Å²) < 4.78 is 5.53. The highest BCUT2D eigenvalue weighted by molar-refractivity contribution is 5.93. The van der Waals surface area contributed by atoms with Crippen molar-refractivity contribution in [3.05, 3.63) is 58.7 Å². The van der Waals surface area contributed by atoms with Crippen LogP contribution in [0, 0.1) is 13.8 Å². The molecular weight excluding hydrogens is 278 g/mol. The summed E-state index contributed by atoms with van der Waals surface area (Å²) in [7, 11) is 0. The van der Waals surface area contributed by atoms with Crippen LogP contribution in [0.4, 0.5) is 5.69 Å². The molecule has 0 atom stereocenters. The van der Waals surface area contributed by atoms with Crippen LogP contribution in [0.5, 0.6) is 5.75 Å². The summed E-state index contributed by atoms with van der Waals surface area (Å²) in [5.74, 6) is -0.342. The van der Waals surface area contributed by atoms with Crippen molar-refractivity contribution in [3.63, 3.8) is 0 Å². The third kappa shape index (κ3) is 3.73. The number of nitrogens with zero attached hydrogens (tertiary/aromatic N) is 1. The molecule has 0 saturated carbocycles. The number of hydrogen-bond acceptors (Lipinski definition) is 3. The van der Waals surface area contributed by atoms with Crippen molar-refractivity contribution in [1.29, 1.82) is 0 Å². The van der Waals surface area contributed by atoms with Crippen molar-refractivity contribution in [3.8, 4) is 5.75 Å². The molecule has 4 nitrogen and oxygen atoms in total. The van der Waals surface area contributed by atoms with Crippen LogP contribution < -0.4 is 4.74 Å². The molecule has 0 spiro atoms. The standard InChI is InChI=1S/C18H19NO3/c1-4-22-17-8-7-14(18(20)21)10-15(17)11-19-16-9-12(2)5-6-13(16)3/h5-11H,4H2,1-3H3,(H,20,21). The first kappa shape index (κ1) is 15.8. The molecule has 2 rings (SSSR count). The van der Waals surface area contributed by atoms with Crippen LogP contribution in [0.25, 0.3) is 0 Å². The topological polar surface area (TPSA) is 58.9 Å². The van der Waals surface area contributed by atoms with Gasteiger partial charge in [-0.1, -0.05) is 12.1 Å². The molecule has 0 aliphatic heterocycles. The van der Waals surface area contributed by atoms with Crippen LogP contribution in [0.15, 0.2) is 41.4 Å². The van der Waals surface area contributed by atoms with Gasteiger partial charge in [-0.25, -0.2) is 4.79 Å². The van der Waals surface area contributed by atoms with Crippen LogP contribution in [0.1, 0.15) is 34.0 Å². The first-order valence-electron chi connectivity index (χ1n) is 7.12. The Balaban J connectivity index is 2.41. The van der Waals surface area contributed by atoms with Crippen LogP contribution in [-0.2, 0) is 0 Å². The van der Waals surface area contributed by atoms with Gasteiger partial charge in [0.1, 0.15) is 5.75 Å². The molecule has 0 saturated heterocycles. The zero-order valence-corrected chi connectivity index (χ0v) is 13.0. The van der Waals surface area contributed by atoms with E-state index in [9.17, 15) is 4.79 Å². The molecule has 4 heteroatoms. The second-order valence-corrected chi connectivity index (χ2v) is 5.04. The van der Waals surface area contributed by atoms with Gasteiger partial charge in [-0.15, -0.1) is 0 Å². The smallest absolute Gasteiger partial charge is 0.335 e. The van der Waals surface area contributed by atoms with E-state index in [2.05, 4.69) is 4.99 Å². The van der Waals surface area contributed by atoms with E-state index in [1.165, 1.54) is 6.07 Å². The Kier molecular flexibility index (Phi) is 4.94. The van der Waals surface area contributed by atoms with Gasteiger partial charge in [-0.3, -0.25) is 4.99 Å². The fourth-order valence-electron chi connectivity index (χ4n) is 2.07. The largest absolute Gasteiger partial charge is 0.493 e. The fourth-order valence-corrected chi connectivity index (χ4v) is 2.07. The molecule has 0 fully saturated rings. The highest BCUT2D eigenvalue weighted by Crippen LogP contribution is 2.23. The predicted molar refractivity (Wildman–Crippen MR) is 87.7 cm³/mol. The van der Waals surface area contributed by atoms with E-state index < -0.39 is 5.97 Å². The quantitative estimate of drug-likeness (QED) is 0.843. The number of rotatable bonds is 5. The third-order valence-electron chi connectivity index (χ3n) is 3.26. The highest BCUT2D eigenvalue weighted by atomic mass is 16.5. The molecule has 22 heavy (non-hydrogen) atoms. The molecule has 0 radical (unpaired) electrons. The van der Waals surface area contributed by atoms with E-state index in [0.717, 1.165) is 16.8 Å². The minimum Gasteiger partial charge on any atom is -0.493 e. The summed E-state index contributed by atoms with van der Waals surface area (Å²) in [5, 5.41) is 9.11. The van der Waals surface area contributed by atoms with E-state index in [0.29, 0.717) is 17.9 Å². The predicted octanol–water partition coefficient (Wildman–Crippen LogP) is 4.15. The molecule has 0 bridgehead atoms. The van der Waals surface area contributed by atoms with Crippen molar-refractivity contribution in [1.82, 2.24) is 0 Å². The lowest BCUT2D eigenvalue weighted by atomic mass is 10.1. The monoisotopic (exact) mass is 297 g/mol. The Morgan fingerprint density at radius 3 is 2.68 bits per heavy atom. The maximum absolute atomic E-state index is 11.1. The number of aryl methyl sites for hydroxylation is 2. The van der Waals surface area contributed by atoms with Gasteiger partial charge in [0.15, 0.2) is 0 Å². The number of aromatic carboxylic acids is 1. The van der Waals surface area contributed by atoms with Crippen LogP contribution in [0.3, 0.4) is 0 Å². The summed E-state index contributed by atoms with van der Waals surface area (Å²) in [6.45, 7) is 6.39. The second-order valence-electron chi connectivity index (χ2n) is 5.04. The molecule has 0 amide bonds. The molecule has 0 aliphatic carbocycles. The van der Waals surface area contributed by atoms with Gasteiger partial charge in [0, 0.05) is 11.8 Å². The number of carboxylic acids is 1. The molecule has 0 aliphatic rings. The Labute approximate surface area is 130 Å². The first-order chi connectivity index (χ1) is 10.5. The average Bonchev–Trinajstić information content (AvgIpc) is 2.49. The third-order valence-corrected chi connectivity index (χ3v) is 3.26. The lowest BCUT2D eigenvalue weighted by molar-refractivity contribution is 0.0697. The number of aliphatic imine (C=N–C) groups is 1. The highest BCUT2D eigenvalue weighted by Gasteiger charge is 2.08. The summed E-state index contributed by atoms with van der Waals surface area (Å²) in [6, 6.07) is 10.8. The van der Waals surface area contributed by atoms with E-state index in [4.69, 9.17) is 9.84 Å². The Hall–Kier alpha value is -2.62. The molecule has 2 aromatic rings. The van der Waals surface area contributed by atoms with Gasteiger partial charge in [0.05, 0.1) is 17.9 Å². The van der Waals surface area contributed by atoms with E-state index in [1.54, 1.807) is 18.3 Å². The van der Waals surface area contributed by atoms with Crippen molar-refractivity contribution in [2.45, 2.75) is 20.8 Å². The number of hydrogen-bond donors (Lipinski definition) is 1. The first-order valence-corrected chi connectivity index (χ1v) is 7.12. The van der Waals surface area contributed by atoms with E-state index >= 15 is 0 Å². The van der Waals surface area contributed by atoms with Gasteiger partial charge in [0.2, 0.25) is 0 Å². The van der Waals surface area contributed by atoms with Gasteiger partial charge < -0.3 is 9.84 Å². The number of carboxylic acid groups (broad SMARTS) is 1. The molecule has 0 heterocycles. The van der Waals surface area contributed by atoms with Crippen molar-refractivity contribution < 1.29 is 14.6 Å². The zero-order chi connectivity index (χ0) is 16.1. The number of benzene rings is 2. The van der Waals surface area contributed by atoms with Gasteiger partial charge in [-0.05, 0) is 56.2 Å². The SMILES string of the molecule is CCOc1ccc(C(=O)O)cc1C=Nc1cc(C)ccc1C. The second kappa shape index (κ2) is 6.89. The Morgan fingerprint density at radius 2 is 2.00 bits per heavy atom. The minimum absolute atomic E-state index is 0.214. The maximum Gasteiger partial charge on any atom is 0.335 e. The normalized spacial score (nSPS) is 10.9. The van der Waals surface area contributed by atoms with Crippen LogP contribution in [0.2, 0.25) is 0 Å². The lowest BCUT2D eigenvalue weighted by Crippen LogP contribution is -2.01. The van der Waals surface area contributed by atoms with Gasteiger partial charge in [-0.2, -0.15) is 0 Å². The molecule has 2 aromatic carbocycles. The van der Waals surface area contributed by atoms with Crippen LogP contribution in [-0.4, -0.2) is 23.9 Å². The van der Waals surface area contributed by atoms with Crippen LogP contribution >= 0.6 is 0 Å². The molecule has 0 aromatic heterocycles. The summed E-state index contributed by atoms with van der Waals surface area (Å²) >= 11 is 0. The molecule has 1 N–H and O–H groups in total. The summed E-state index contributed by atoms with van der Waals surface area (Å²) in [5.41, 5.74) is 3.92. The average molecular weight is 297 g/mol. The molecular formula is C18H19NO3. The fraction of sp³-hybridized carbons (Fsp3) is 0.222. The molecule has 0 unspecified atom stereocenters. The number of carbonyl (C=O) groups is 1. The van der Waals surface area contributed by atoms with E-state index in [1.807, 2.05) is 39.0 Å². The Bertz CT molecular complexity index is 720. The molecule has 114 valence electrons. The van der Waals surface area contributed by atoms with Gasteiger partial charge >= 0.3 is 5.97 Å². The van der Waals surface area contributed by atoms with Crippen molar-refractivity contribution >= 4 is 17.9 Å². The maximum atomic E-state index is 11.1. The Morgan fingerprint density at radius 1 is 1.23 bits per heavy atom. The van der Waals surface area contributed by atoms with E-state index in [-0.39, 0.29) is 5.56 Å². The van der Waals surface area contributed by atoms with Crippen molar-refractivity contribution in [2.75, 3.05) is 6.61 Å². The minimum atomic E-state index is -0.968.